The maximum absolute atomic E-state index is 12.4. The van der Waals surface area contributed by atoms with Gasteiger partial charge in [0.25, 0.3) is 11.8 Å². The average Bonchev–Trinajstić information content (AvgIpc) is 3.42. The van der Waals surface area contributed by atoms with Crippen molar-refractivity contribution in [3.05, 3.63) is 58.6 Å². The van der Waals surface area contributed by atoms with Crippen LogP contribution in [0.5, 0.6) is 5.75 Å². The highest BCUT2D eigenvalue weighted by Crippen LogP contribution is 2.24. The lowest BCUT2D eigenvalue weighted by atomic mass is 10.1. The largest absolute Gasteiger partial charge is 0.481 e. The van der Waals surface area contributed by atoms with E-state index in [2.05, 4.69) is 10.6 Å². The zero-order valence-electron chi connectivity index (χ0n) is 14.7. The molecule has 2 aromatic carbocycles. The van der Waals surface area contributed by atoms with Gasteiger partial charge in [0.15, 0.2) is 6.10 Å². The molecule has 5 nitrogen and oxygen atoms in total. The zero-order chi connectivity index (χ0) is 18.7. The fraction of sp³-hybridized carbons (Fsp3) is 0.300. The molecule has 0 radical (unpaired) electrons. The van der Waals surface area contributed by atoms with Crippen molar-refractivity contribution in [2.45, 2.75) is 38.8 Å². The van der Waals surface area contributed by atoms with E-state index in [9.17, 15) is 9.59 Å². The number of rotatable bonds is 6. The van der Waals surface area contributed by atoms with E-state index in [1.165, 1.54) is 0 Å². The van der Waals surface area contributed by atoms with Gasteiger partial charge >= 0.3 is 0 Å². The molecule has 0 spiro atoms. The maximum Gasteiger partial charge on any atom is 0.265 e. The zero-order valence-corrected chi connectivity index (χ0v) is 15.5. The first-order valence-electron chi connectivity index (χ1n) is 8.57. The third-order valence-corrected chi connectivity index (χ3v) is 4.42. The van der Waals surface area contributed by atoms with Crippen LogP contribution in [-0.4, -0.2) is 24.0 Å². The molecule has 2 aromatic rings. The molecule has 1 fully saturated rings. The maximum atomic E-state index is 12.4. The first-order chi connectivity index (χ1) is 12.4. The van der Waals surface area contributed by atoms with Gasteiger partial charge in [-0.25, -0.2) is 0 Å². The van der Waals surface area contributed by atoms with Gasteiger partial charge in [-0.05, 0) is 57.0 Å². The third-order valence-electron chi connectivity index (χ3n) is 4.09. The summed E-state index contributed by atoms with van der Waals surface area (Å²) in [5.74, 6) is 0.0952. The molecular formula is C20H21ClN2O3. The molecule has 136 valence electrons. The molecule has 2 N–H and O–H groups in total. The number of amides is 2. The number of anilines is 1. The summed E-state index contributed by atoms with van der Waals surface area (Å²) >= 11 is 6.12. The Balaban J connectivity index is 1.64. The van der Waals surface area contributed by atoms with E-state index in [4.69, 9.17) is 16.3 Å². The lowest BCUT2D eigenvalue weighted by Crippen LogP contribution is -2.30. The predicted octanol–water partition coefficient (Wildman–Crippen LogP) is 3.95. The summed E-state index contributed by atoms with van der Waals surface area (Å²) in [6, 6.07) is 12.6. The van der Waals surface area contributed by atoms with Crippen molar-refractivity contribution in [2.75, 3.05) is 5.32 Å². The number of halogens is 1. The molecule has 0 bridgehead atoms. The molecule has 1 saturated carbocycles. The number of aryl methyl sites for hydroxylation is 1. The monoisotopic (exact) mass is 372 g/mol. The highest BCUT2D eigenvalue weighted by Gasteiger charge is 2.25. The average molecular weight is 373 g/mol. The normalized spacial score (nSPS) is 14.4. The SMILES string of the molecule is Cc1ccc(OC(C)C(=O)Nc2ccc(Cl)c(C(=O)NC3CC3)c2)cc1. The van der Waals surface area contributed by atoms with E-state index >= 15 is 0 Å². The highest BCUT2D eigenvalue weighted by atomic mass is 35.5. The second-order valence-corrected chi connectivity index (χ2v) is 6.91. The number of hydrogen-bond donors (Lipinski definition) is 2. The molecule has 1 atom stereocenters. The molecular weight excluding hydrogens is 352 g/mol. The summed E-state index contributed by atoms with van der Waals surface area (Å²) in [6.07, 6.45) is 1.30. The van der Waals surface area contributed by atoms with Crippen molar-refractivity contribution < 1.29 is 14.3 Å². The van der Waals surface area contributed by atoms with Crippen LogP contribution in [0.4, 0.5) is 5.69 Å². The molecule has 1 aliphatic carbocycles. The number of hydrogen-bond acceptors (Lipinski definition) is 3. The minimum atomic E-state index is -0.683. The molecule has 0 aromatic heterocycles. The molecule has 1 unspecified atom stereocenters. The number of nitrogens with one attached hydrogen (secondary N) is 2. The molecule has 1 aliphatic rings. The standard InChI is InChI=1S/C20H21ClN2O3/c1-12-3-8-16(9-4-12)26-13(2)19(24)23-15-7-10-18(21)17(11-15)20(25)22-14-5-6-14/h3-4,7-11,13-14H,5-6H2,1-2H3,(H,22,25)(H,23,24). The first-order valence-corrected chi connectivity index (χ1v) is 8.95. The van der Waals surface area contributed by atoms with E-state index in [1.807, 2.05) is 31.2 Å². The Bertz CT molecular complexity index is 816. The van der Waals surface area contributed by atoms with Gasteiger partial charge in [0.05, 0.1) is 10.6 Å². The van der Waals surface area contributed by atoms with Crippen molar-refractivity contribution in [3.8, 4) is 5.75 Å². The predicted molar refractivity (Wildman–Crippen MR) is 102 cm³/mol. The Kier molecular flexibility index (Phi) is 5.47. The van der Waals surface area contributed by atoms with Crippen LogP contribution < -0.4 is 15.4 Å². The van der Waals surface area contributed by atoms with Crippen molar-refractivity contribution >= 4 is 29.1 Å². The molecule has 0 aliphatic heterocycles. The van der Waals surface area contributed by atoms with Gasteiger partial charge in [0.2, 0.25) is 0 Å². The fourth-order valence-corrected chi connectivity index (χ4v) is 2.59. The highest BCUT2D eigenvalue weighted by molar-refractivity contribution is 6.34. The summed E-state index contributed by atoms with van der Waals surface area (Å²) in [7, 11) is 0. The minimum Gasteiger partial charge on any atom is -0.481 e. The number of carbonyl (C=O) groups is 2. The van der Waals surface area contributed by atoms with E-state index < -0.39 is 6.10 Å². The van der Waals surface area contributed by atoms with Gasteiger partial charge in [-0.15, -0.1) is 0 Å². The van der Waals surface area contributed by atoms with Gasteiger partial charge in [-0.3, -0.25) is 9.59 Å². The molecule has 6 heteroatoms. The second-order valence-electron chi connectivity index (χ2n) is 6.50. The number of benzene rings is 2. The molecule has 3 rings (SSSR count). The molecule has 0 heterocycles. The van der Waals surface area contributed by atoms with Crippen LogP contribution in [0.15, 0.2) is 42.5 Å². The molecule has 26 heavy (non-hydrogen) atoms. The summed E-state index contributed by atoms with van der Waals surface area (Å²) in [5.41, 5.74) is 1.97. The van der Waals surface area contributed by atoms with Crippen LogP contribution >= 0.6 is 11.6 Å². The Morgan fingerprint density at radius 1 is 1.15 bits per heavy atom. The Morgan fingerprint density at radius 2 is 1.85 bits per heavy atom. The summed E-state index contributed by atoms with van der Waals surface area (Å²) in [6.45, 7) is 3.66. The Hall–Kier alpha value is -2.53. The van der Waals surface area contributed by atoms with E-state index in [-0.39, 0.29) is 17.9 Å². The van der Waals surface area contributed by atoms with Gasteiger partial charge < -0.3 is 15.4 Å². The summed E-state index contributed by atoms with van der Waals surface area (Å²) in [4.78, 5) is 24.6. The van der Waals surface area contributed by atoms with E-state index in [0.29, 0.717) is 22.0 Å². The van der Waals surface area contributed by atoms with Gasteiger partial charge in [0, 0.05) is 11.7 Å². The summed E-state index contributed by atoms with van der Waals surface area (Å²) < 4.78 is 5.65. The van der Waals surface area contributed by atoms with Crippen molar-refractivity contribution in [1.29, 1.82) is 0 Å². The van der Waals surface area contributed by atoms with E-state index in [0.717, 1.165) is 18.4 Å². The Morgan fingerprint density at radius 3 is 2.50 bits per heavy atom. The number of ether oxygens (including phenoxy) is 1. The minimum absolute atomic E-state index is 0.224. The molecule has 2 amide bonds. The smallest absolute Gasteiger partial charge is 0.265 e. The topological polar surface area (TPSA) is 67.4 Å². The van der Waals surface area contributed by atoms with Crippen LogP contribution in [0.3, 0.4) is 0 Å². The van der Waals surface area contributed by atoms with E-state index in [1.54, 1.807) is 25.1 Å². The van der Waals surface area contributed by atoms with Crippen LogP contribution in [0, 0.1) is 6.92 Å². The second kappa shape index (κ2) is 7.79. The lowest BCUT2D eigenvalue weighted by molar-refractivity contribution is -0.122. The van der Waals surface area contributed by atoms with Gasteiger partial charge in [-0.2, -0.15) is 0 Å². The number of carbonyl (C=O) groups excluding carboxylic acids is 2. The van der Waals surface area contributed by atoms with Crippen molar-refractivity contribution in [1.82, 2.24) is 5.32 Å². The van der Waals surface area contributed by atoms with Crippen LogP contribution in [-0.2, 0) is 4.79 Å². The van der Waals surface area contributed by atoms with Crippen LogP contribution in [0.1, 0.15) is 35.7 Å². The first kappa shape index (κ1) is 18.3. The van der Waals surface area contributed by atoms with Crippen molar-refractivity contribution in [3.63, 3.8) is 0 Å². The summed E-state index contributed by atoms with van der Waals surface area (Å²) in [5, 5.41) is 6.00. The van der Waals surface area contributed by atoms with Gasteiger partial charge in [0.1, 0.15) is 5.75 Å². The van der Waals surface area contributed by atoms with Gasteiger partial charge in [-0.1, -0.05) is 29.3 Å². The van der Waals surface area contributed by atoms with Crippen LogP contribution in [0.2, 0.25) is 5.02 Å². The Labute approximate surface area is 157 Å². The van der Waals surface area contributed by atoms with Crippen LogP contribution in [0.25, 0.3) is 0 Å². The lowest BCUT2D eigenvalue weighted by Gasteiger charge is -2.15. The quantitative estimate of drug-likeness (QED) is 0.806. The fourth-order valence-electron chi connectivity index (χ4n) is 2.39. The third kappa shape index (κ3) is 4.76. The molecule has 0 saturated heterocycles. The van der Waals surface area contributed by atoms with Crippen molar-refractivity contribution in [2.24, 2.45) is 0 Å².